The van der Waals surface area contributed by atoms with E-state index in [1.54, 1.807) is 0 Å². The fourth-order valence-corrected chi connectivity index (χ4v) is 1.54. The molecule has 0 saturated heterocycles. The first-order valence-corrected chi connectivity index (χ1v) is 4.37. The van der Waals surface area contributed by atoms with E-state index in [0.717, 1.165) is 17.0 Å². The summed E-state index contributed by atoms with van der Waals surface area (Å²) in [5, 5.41) is 1.97. The van der Waals surface area contributed by atoms with Crippen LogP contribution in [-0.2, 0) is 6.42 Å². The zero-order valence-corrected chi connectivity index (χ0v) is 7.57. The first-order valence-electron chi connectivity index (χ1n) is 3.99. The molecule has 61 valence electrons. The van der Waals surface area contributed by atoms with E-state index in [4.69, 9.17) is 11.6 Å². The van der Waals surface area contributed by atoms with Gasteiger partial charge in [-0.2, -0.15) is 0 Å². The Bertz CT molecular complexity index is 403. The van der Waals surface area contributed by atoms with Crippen LogP contribution < -0.4 is 0 Å². The summed E-state index contributed by atoms with van der Waals surface area (Å²) in [5.74, 6) is 0. The molecule has 1 N–H and O–H groups in total. The number of aromatic amines is 1. The maximum absolute atomic E-state index is 5.88. The van der Waals surface area contributed by atoms with Crippen LogP contribution in [-0.4, -0.2) is 4.98 Å². The number of nitrogens with one attached hydrogen (secondary N) is 1. The Kier molecular flexibility index (Phi) is 1.81. The van der Waals surface area contributed by atoms with Crippen LogP contribution in [0.5, 0.6) is 0 Å². The lowest BCUT2D eigenvalue weighted by molar-refractivity contribution is 1.15. The number of hydrogen-bond acceptors (Lipinski definition) is 0. The normalized spacial score (nSPS) is 10.8. The molecule has 0 aliphatic heterocycles. The summed E-state index contributed by atoms with van der Waals surface area (Å²) in [4.78, 5) is 3.08. The quantitative estimate of drug-likeness (QED) is 0.691. The highest BCUT2D eigenvalue weighted by molar-refractivity contribution is 6.31. The fraction of sp³-hybridized carbons (Fsp3) is 0.200. The van der Waals surface area contributed by atoms with Crippen LogP contribution in [0.25, 0.3) is 10.9 Å². The van der Waals surface area contributed by atoms with Crippen LogP contribution in [0.3, 0.4) is 0 Å². The van der Waals surface area contributed by atoms with Gasteiger partial charge in [0, 0.05) is 15.9 Å². The SMILES string of the molecule is CCc1[c][nH]c2ccc(Cl)cc12. The minimum Gasteiger partial charge on any atom is -0.353 e. The van der Waals surface area contributed by atoms with Crippen molar-refractivity contribution in [2.75, 3.05) is 0 Å². The Morgan fingerprint density at radius 1 is 1.50 bits per heavy atom. The second-order valence-corrected chi connectivity index (χ2v) is 3.21. The number of halogens is 1. The summed E-state index contributed by atoms with van der Waals surface area (Å²) in [5.41, 5.74) is 2.31. The van der Waals surface area contributed by atoms with E-state index >= 15 is 0 Å². The Hall–Kier alpha value is -0.950. The molecular formula is C10H9ClN. The molecule has 1 radical (unpaired) electrons. The monoisotopic (exact) mass is 178 g/mol. The smallest absolute Gasteiger partial charge is 0.0666 e. The highest BCUT2D eigenvalue weighted by atomic mass is 35.5. The van der Waals surface area contributed by atoms with Gasteiger partial charge in [0.25, 0.3) is 0 Å². The molecule has 0 saturated carbocycles. The molecule has 2 rings (SSSR count). The number of hydrogen-bond donors (Lipinski definition) is 1. The molecule has 1 nitrogen and oxygen atoms in total. The molecule has 0 aliphatic carbocycles. The van der Waals surface area contributed by atoms with Crippen molar-refractivity contribution in [1.29, 1.82) is 0 Å². The molecule has 1 aromatic heterocycles. The maximum Gasteiger partial charge on any atom is 0.0666 e. The lowest BCUT2D eigenvalue weighted by Crippen LogP contribution is -1.74. The molecule has 0 fully saturated rings. The summed E-state index contributed by atoms with van der Waals surface area (Å²) >= 11 is 5.88. The third-order valence-corrected chi connectivity index (χ3v) is 2.24. The molecule has 2 heteroatoms. The largest absolute Gasteiger partial charge is 0.353 e. The van der Waals surface area contributed by atoms with Crippen molar-refractivity contribution in [2.24, 2.45) is 0 Å². The molecule has 0 aliphatic rings. The predicted octanol–water partition coefficient (Wildman–Crippen LogP) is 3.18. The van der Waals surface area contributed by atoms with Crippen molar-refractivity contribution < 1.29 is 0 Å². The van der Waals surface area contributed by atoms with Gasteiger partial charge < -0.3 is 4.98 Å². The highest BCUT2D eigenvalue weighted by Crippen LogP contribution is 2.21. The third-order valence-electron chi connectivity index (χ3n) is 2.01. The van der Waals surface area contributed by atoms with E-state index in [2.05, 4.69) is 18.1 Å². The average molecular weight is 179 g/mol. The van der Waals surface area contributed by atoms with Gasteiger partial charge in [-0.15, -0.1) is 0 Å². The number of fused-ring (bicyclic) bond motifs is 1. The van der Waals surface area contributed by atoms with E-state index in [0.29, 0.717) is 0 Å². The minimum atomic E-state index is 0.783. The summed E-state index contributed by atoms with van der Waals surface area (Å²) in [7, 11) is 0. The van der Waals surface area contributed by atoms with Crippen LogP contribution in [0.15, 0.2) is 18.2 Å². The minimum absolute atomic E-state index is 0.783. The van der Waals surface area contributed by atoms with E-state index in [1.165, 1.54) is 10.9 Å². The number of aryl methyl sites for hydroxylation is 1. The molecule has 1 aromatic carbocycles. The van der Waals surface area contributed by atoms with Crippen molar-refractivity contribution in [3.63, 3.8) is 0 Å². The van der Waals surface area contributed by atoms with Crippen molar-refractivity contribution in [1.82, 2.24) is 4.98 Å². The van der Waals surface area contributed by atoms with Crippen LogP contribution in [0.4, 0.5) is 0 Å². The standard InChI is InChI=1S/C10H9ClN/c1-2-7-6-12-10-4-3-8(11)5-9(7)10/h3-5,12H,2H2,1H3. The second-order valence-electron chi connectivity index (χ2n) is 2.77. The van der Waals surface area contributed by atoms with Gasteiger partial charge in [0.15, 0.2) is 0 Å². The van der Waals surface area contributed by atoms with Crippen LogP contribution in [0.1, 0.15) is 12.5 Å². The summed E-state index contributed by atoms with van der Waals surface area (Å²) in [6.45, 7) is 2.11. The number of rotatable bonds is 1. The molecule has 1 heterocycles. The summed E-state index contributed by atoms with van der Waals surface area (Å²) < 4.78 is 0. The molecule has 0 amide bonds. The van der Waals surface area contributed by atoms with E-state index in [1.807, 2.05) is 18.2 Å². The van der Waals surface area contributed by atoms with Gasteiger partial charge in [-0.1, -0.05) is 18.5 Å². The van der Waals surface area contributed by atoms with Gasteiger partial charge in [-0.3, -0.25) is 0 Å². The topological polar surface area (TPSA) is 15.8 Å². The van der Waals surface area contributed by atoms with Crippen LogP contribution in [0, 0.1) is 6.20 Å². The fourth-order valence-electron chi connectivity index (χ4n) is 1.36. The predicted molar refractivity (Wildman–Crippen MR) is 51.5 cm³/mol. The van der Waals surface area contributed by atoms with Gasteiger partial charge in [-0.05, 0) is 30.2 Å². The molecule has 0 unspecified atom stereocenters. The summed E-state index contributed by atoms with van der Waals surface area (Å²) in [6, 6.07) is 5.84. The van der Waals surface area contributed by atoms with E-state index in [-0.39, 0.29) is 0 Å². The first kappa shape index (κ1) is 7.69. The van der Waals surface area contributed by atoms with Gasteiger partial charge in [0.05, 0.1) is 6.20 Å². The van der Waals surface area contributed by atoms with Gasteiger partial charge in [0.1, 0.15) is 0 Å². The highest BCUT2D eigenvalue weighted by Gasteiger charge is 2.01. The zero-order chi connectivity index (χ0) is 8.55. The molecule has 12 heavy (non-hydrogen) atoms. The number of benzene rings is 1. The van der Waals surface area contributed by atoms with Crippen molar-refractivity contribution in [3.05, 3.63) is 35.0 Å². The van der Waals surface area contributed by atoms with Crippen molar-refractivity contribution >= 4 is 22.5 Å². The van der Waals surface area contributed by atoms with Crippen LogP contribution >= 0.6 is 11.6 Å². The van der Waals surface area contributed by atoms with Crippen LogP contribution in [0.2, 0.25) is 5.02 Å². The Labute approximate surface area is 76.4 Å². The number of H-pyrrole nitrogens is 1. The Morgan fingerprint density at radius 2 is 2.33 bits per heavy atom. The summed E-state index contributed by atoms with van der Waals surface area (Å²) in [6.07, 6.45) is 4.09. The lowest BCUT2D eigenvalue weighted by atomic mass is 10.1. The lowest BCUT2D eigenvalue weighted by Gasteiger charge is -1.93. The van der Waals surface area contributed by atoms with E-state index < -0.39 is 0 Å². The maximum atomic E-state index is 5.88. The Balaban J connectivity index is 2.75. The van der Waals surface area contributed by atoms with E-state index in [9.17, 15) is 0 Å². The molecule has 2 aromatic rings. The van der Waals surface area contributed by atoms with Gasteiger partial charge in [0.2, 0.25) is 0 Å². The molecule has 0 bridgehead atoms. The third kappa shape index (κ3) is 1.10. The number of aromatic nitrogens is 1. The Morgan fingerprint density at radius 3 is 3.08 bits per heavy atom. The molecule has 0 atom stereocenters. The van der Waals surface area contributed by atoms with Crippen molar-refractivity contribution in [2.45, 2.75) is 13.3 Å². The average Bonchev–Trinajstić information content (AvgIpc) is 2.46. The molecule has 0 spiro atoms. The van der Waals surface area contributed by atoms with Crippen molar-refractivity contribution in [3.8, 4) is 0 Å². The first-order chi connectivity index (χ1) is 5.81. The molecular weight excluding hydrogens is 170 g/mol. The van der Waals surface area contributed by atoms with Gasteiger partial charge in [-0.25, -0.2) is 0 Å². The zero-order valence-electron chi connectivity index (χ0n) is 6.82. The van der Waals surface area contributed by atoms with Gasteiger partial charge >= 0.3 is 0 Å². The second kappa shape index (κ2) is 2.83.